The summed E-state index contributed by atoms with van der Waals surface area (Å²) in [6.07, 6.45) is 4.05. The van der Waals surface area contributed by atoms with Gasteiger partial charge in [0, 0.05) is 12.7 Å². The summed E-state index contributed by atoms with van der Waals surface area (Å²) >= 11 is 0. The van der Waals surface area contributed by atoms with Crippen LogP contribution in [0, 0.1) is 5.92 Å². The first kappa shape index (κ1) is 16.2. The van der Waals surface area contributed by atoms with Crippen molar-refractivity contribution in [2.24, 2.45) is 5.92 Å². The highest BCUT2D eigenvalue weighted by atomic mass is 16.3. The molecule has 0 saturated heterocycles. The molecule has 0 radical (unpaired) electrons. The predicted molar refractivity (Wildman–Crippen MR) is 91.6 cm³/mol. The highest BCUT2D eigenvalue weighted by Crippen LogP contribution is 2.25. The van der Waals surface area contributed by atoms with Gasteiger partial charge in [0.25, 0.3) is 5.91 Å². The Labute approximate surface area is 140 Å². The zero-order chi connectivity index (χ0) is 17.1. The van der Waals surface area contributed by atoms with Gasteiger partial charge in [-0.2, -0.15) is 0 Å². The topological polar surface area (TPSA) is 73.0 Å². The van der Waals surface area contributed by atoms with Crippen LogP contribution in [0.4, 0.5) is 0 Å². The van der Waals surface area contributed by atoms with Crippen LogP contribution < -0.4 is 5.32 Å². The van der Waals surface area contributed by atoms with Crippen molar-refractivity contribution < 1.29 is 9.21 Å². The molecule has 1 unspecified atom stereocenters. The molecule has 24 heavy (non-hydrogen) atoms. The SMILES string of the molecule is CCn1c(C(CC(C)C)NC(=O)c2ccco2)nc2cccnc21. The van der Waals surface area contributed by atoms with Crippen molar-refractivity contribution in [1.82, 2.24) is 19.9 Å². The fraction of sp³-hybridized carbons (Fsp3) is 0.389. The molecule has 0 fully saturated rings. The Morgan fingerprint density at radius 1 is 1.33 bits per heavy atom. The summed E-state index contributed by atoms with van der Waals surface area (Å²) in [5.41, 5.74) is 1.69. The molecule has 0 bridgehead atoms. The normalized spacial score (nSPS) is 12.7. The van der Waals surface area contributed by atoms with Gasteiger partial charge in [-0.25, -0.2) is 9.97 Å². The number of rotatable bonds is 6. The number of carbonyl (C=O) groups is 1. The molecule has 1 N–H and O–H groups in total. The second-order valence-corrected chi connectivity index (χ2v) is 6.19. The number of imidazole rings is 1. The average molecular weight is 326 g/mol. The van der Waals surface area contributed by atoms with E-state index in [0.717, 1.165) is 30.0 Å². The van der Waals surface area contributed by atoms with Crippen molar-refractivity contribution in [3.63, 3.8) is 0 Å². The number of hydrogen-bond donors (Lipinski definition) is 1. The van der Waals surface area contributed by atoms with E-state index in [1.807, 2.05) is 12.1 Å². The van der Waals surface area contributed by atoms with Crippen molar-refractivity contribution in [2.75, 3.05) is 0 Å². The zero-order valence-corrected chi connectivity index (χ0v) is 14.2. The van der Waals surface area contributed by atoms with Crippen LogP contribution in [0.5, 0.6) is 0 Å². The number of nitrogens with zero attached hydrogens (tertiary/aromatic N) is 3. The van der Waals surface area contributed by atoms with E-state index < -0.39 is 0 Å². The molecule has 1 amide bonds. The van der Waals surface area contributed by atoms with Gasteiger partial charge in [0.2, 0.25) is 0 Å². The molecule has 3 rings (SSSR count). The second-order valence-electron chi connectivity index (χ2n) is 6.19. The van der Waals surface area contributed by atoms with Crippen molar-refractivity contribution in [2.45, 2.75) is 39.8 Å². The maximum atomic E-state index is 12.4. The highest BCUT2D eigenvalue weighted by molar-refractivity contribution is 5.91. The van der Waals surface area contributed by atoms with Gasteiger partial charge in [-0.15, -0.1) is 0 Å². The number of aryl methyl sites for hydroxylation is 1. The molecule has 3 aromatic heterocycles. The van der Waals surface area contributed by atoms with Gasteiger partial charge in [0.05, 0.1) is 12.3 Å². The molecule has 0 aliphatic rings. The number of pyridine rings is 1. The molecule has 3 aromatic rings. The van der Waals surface area contributed by atoms with Crippen LogP contribution in [0.1, 0.15) is 49.6 Å². The summed E-state index contributed by atoms with van der Waals surface area (Å²) in [4.78, 5) is 21.6. The van der Waals surface area contributed by atoms with Gasteiger partial charge in [-0.3, -0.25) is 4.79 Å². The van der Waals surface area contributed by atoms with E-state index in [1.165, 1.54) is 6.26 Å². The summed E-state index contributed by atoms with van der Waals surface area (Å²) in [5.74, 6) is 1.32. The summed E-state index contributed by atoms with van der Waals surface area (Å²) in [6.45, 7) is 7.06. The second kappa shape index (κ2) is 6.86. The lowest BCUT2D eigenvalue weighted by Gasteiger charge is -2.20. The number of hydrogen-bond acceptors (Lipinski definition) is 4. The van der Waals surface area contributed by atoms with Crippen LogP contribution in [0.15, 0.2) is 41.1 Å². The van der Waals surface area contributed by atoms with Crippen LogP contribution in [0.2, 0.25) is 0 Å². The Bertz CT molecular complexity index is 821. The van der Waals surface area contributed by atoms with E-state index in [4.69, 9.17) is 9.40 Å². The minimum atomic E-state index is -0.228. The van der Waals surface area contributed by atoms with Gasteiger partial charge in [-0.05, 0) is 43.5 Å². The monoisotopic (exact) mass is 326 g/mol. The molecule has 1 atom stereocenters. The van der Waals surface area contributed by atoms with Gasteiger partial charge in [0.1, 0.15) is 11.3 Å². The summed E-state index contributed by atoms with van der Waals surface area (Å²) in [7, 11) is 0. The number of nitrogens with one attached hydrogen (secondary N) is 1. The van der Waals surface area contributed by atoms with Crippen LogP contribution in [-0.4, -0.2) is 20.4 Å². The summed E-state index contributed by atoms with van der Waals surface area (Å²) in [6, 6.07) is 6.98. The van der Waals surface area contributed by atoms with Crippen LogP contribution in [-0.2, 0) is 6.54 Å². The van der Waals surface area contributed by atoms with Gasteiger partial charge < -0.3 is 14.3 Å². The Morgan fingerprint density at radius 3 is 2.83 bits per heavy atom. The molecule has 0 saturated carbocycles. The maximum absolute atomic E-state index is 12.4. The van der Waals surface area contributed by atoms with Gasteiger partial charge >= 0.3 is 0 Å². The fourth-order valence-corrected chi connectivity index (χ4v) is 2.89. The van der Waals surface area contributed by atoms with Crippen LogP contribution >= 0.6 is 0 Å². The van der Waals surface area contributed by atoms with E-state index in [9.17, 15) is 4.79 Å². The zero-order valence-electron chi connectivity index (χ0n) is 14.2. The Morgan fingerprint density at radius 2 is 2.17 bits per heavy atom. The van der Waals surface area contributed by atoms with E-state index in [-0.39, 0.29) is 11.9 Å². The smallest absolute Gasteiger partial charge is 0.287 e. The molecule has 0 spiro atoms. The third kappa shape index (κ3) is 3.18. The summed E-state index contributed by atoms with van der Waals surface area (Å²) < 4.78 is 7.26. The number of fused-ring (bicyclic) bond motifs is 1. The molecule has 6 nitrogen and oxygen atoms in total. The molecule has 0 aliphatic carbocycles. The molecule has 126 valence electrons. The Hall–Kier alpha value is -2.63. The van der Waals surface area contributed by atoms with Crippen molar-refractivity contribution in [3.8, 4) is 0 Å². The number of aromatic nitrogens is 3. The molecule has 0 aromatic carbocycles. The van der Waals surface area contributed by atoms with E-state index >= 15 is 0 Å². The minimum Gasteiger partial charge on any atom is -0.459 e. The third-order valence-corrected chi connectivity index (χ3v) is 3.92. The number of furan rings is 1. The standard InChI is InChI=1S/C18H22N4O2/c1-4-22-16-13(7-5-9-19-16)20-17(22)14(11-12(2)3)21-18(23)15-8-6-10-24-15/h5-10,12,14H,4,11H2,1-3H3,(H,21,23). The lowest BCUT2D eigenvalue weighted by atomic mass is 10.0. The lowest BCUT2D eigenvalue weighted by Crippen LogP contribution is -2.31. The minimum absolute atomic E-state index is 0.197. The molecule has 6 heteroatoms. The quantitative estimate of drug-likeness (QED) is 0.751. The Kier molecular flexibility index (Phi) is 4.64. The Balaban J connectivity index is 1.98. The van der Waals surface area contributed by atoms with Gasteiger partial charge in [-0.1, -0.05) is 13.8 Å². The predicted octanol–water partition coefficient (Wildman–Crippen LogP) is 3.56. The van der Waals surface area contributed by atoms with E-state index in [2.05, 4.69) is 35.6 Å². The number of carbonyl (C=O) groups excluding carboxylic acids is 1. The first-order valence-corrected chi connectivity index (χ1v) is 8.25. The van der Waals surface area contributed by atoms with Crippen molar-refractivity contribution in [1.29, 1.82) is 0 Å². The molecular formula is C18H22N4O2. The fourth-order valence-electron chi connectivity index (χ4n) is 2.89. The number of amides is 1. The van der Waals surface area contributed by atoms with Crippen LogP contribution in [0.25, 0.3) is 11.2 Å². The van der Waals surface area contributed by atoms with E-state index in [1.54, 1.807) is 18.3 Å². The van der Waals surface area contributed by atoms with Crippen molar-refractivity contribution >= 4 is 17.1 Å². The third-order valence-electron chi connectivity index (χ3n) is 3.92. The van der Waals surface area contributed by atoms with Crippen molar-refractivity contribution in [3.05, 3.63) is 48.3 Å². The summed E-state index contributed by atoms with van der Waals surface area (Å²) in [5, 5.41) is 3.06. The molecule has 3 heterocycles. The molecule has 0 aliphatic heterocycles. The maximum Gasteiger partial charge on any atom is 0.287 e. The highest BCUT2D eigenvalue weighted by Gasteiger charge is 2.24. The average Bonchev–Trinajstić information content (AvgIpc) is 3.21. The van der Waals surface area contributed by atoms with Gasteiger partial charge in [0.15, 0.2) is 11.4 Å². The first-order chi connectivity index (χ1) is 11.6. The lowest BCUT2D eigenvalue weighted by molar-refractivity contribution is 0.0901. The van der Waals surface area contributed by atoms with Crippen LogP contribution in [0.3, 0.4) is 0 Å². The van der Waals surface area contributed by atoms with E-state index in [0.29, 0.717) is 11.7 Å². The largest absolute Gasteiger partial charge is 0.459 e. The first-order valence-electron chi connectivity index (χ1n) is 8.25. The molecular weight excluding hydrogens is 304 g/mol.